The molecule has 5 heteroatoms. The van der Waals surface area contributed by atoms with Gasteiger partial charge in [-0.3, -0.25) is 4.98 Å². The van der Waals surface area contributed by atoms with E-state index in [-0.39, 0.29) is 0 Å². The molecule has 1 fully saturated rings. The highest BCUT2D eigenvalue weighted by Gasteiger charge is 2.21. The van der Waals surface area contributed by atoms with Crippen LogP contribution in [0.3, 0.4) is 0 Å². The van der Waals surface area contributed by atoms with Gasteiger partial charge < -0.3 is 9.84 Å². The largest absolute Gasteiger partial charge is 0.354 e. The molecule has 0 amide bonds. The number of nitrogens with zero attached hydrogens (tertiary/aromatic N) is 3. The van der Waals surface area contributed by atoms with Gasteiger partial charge in [-0.05, 0) is 12.8 Å². The van der Waals surface area contributed by atoms with Gasteiger partial charge in [0, 0.05) is 30.5 Å². The quantitative estimate of drug-likeness (QED) is 0.836. The summed E-state index contributed by atoms with van der Waals surface area (Å²) < 4.78 is 5.21. The molecule has 2 aromatic rings. The molecule has 1 aliphatic carbocycles. The van der Waals surface area contributed by atoms with E-state index in [2.05, 4.69) is 20.4 Å². The standard InChI is InChI=1S/C11H12N4O/c1-2-9(1)14-5-8-6-15-16-11(8)10-7-12-3-4-13-10/h3-4,6-7,9,14H,1-2,5H2. The molecule has 0 aliphatic heterocycles. The molecular formula is C11H12N4O. The Morgan fingerprint density at radius 3 is 3.00 bits per heavy atom. The summed E-state index contributed by atoms with van der Waals surface area (Å²) >= 11 is 0. The van der Waals surface area contributed by atoms with Gasteiger partial charge in [-0.25, -0.2) is 4.98 Å². The van der Waals surface area contributed by atoms with Crippen molar-refractivity contribution in [3.05, 3.63) is 30.4 Å². The molecule has 0 bridgehead atoms. The smallest absolute Gasteiger partial charge is 0.191 e. The summed E-state index contributed by atoms with van der Waals surface area (Å²) in [5.41, 5.74) is 1.76. The zero-order chi connectivity index (χ0) is 10.8. The first-order chi connectivity index (χ1) is 7.93. The van der Waals surface area contributed by atoms with Gasteiger partial charge in [-0.1, -0.05) is 5.16 Å². The van der Waals surface area contributed by atoms with E-state index in [0.717, 1.165) is 17.8 Å². The van der Waals surface area contributed by atoms with Gasteiger partial charge in [-0.2, -0.15) is 0 Å². The SMILES string of the molecule is c1cnc(-c2oncc2CNC2CC2)cn1. The molecule has 0 atom stereocenters. The minimum Gasteiger partial charge on any atom is -0.354 e. The minimum atomic E-state index is 0.671. The number of aromatic nitrogens is 3. The van der Waals surface area contributed by atoms with Crippen LogP contribution in [-0.4, -0.2) is 21.2 Å². The van der Waals surface area contributed by atoms with Crippen LogP contribution in [-0.2, 0) is 6.54 Å². The summed E-state index contributed by atoms with van der Waals surface area (Å²) in [6, 6.07) is 0.671. The van der Waals surface area contributed by atoms with Crippen LogP contribution in [0.15, 0.2) is 29.3 Å². The average molecular weight is 216 g/mol. The lowest BCUT2D eigenvalue weighted by Crippen LogP contribution is -2.15. The normalized spacial score (nSPS) is 15.2. The topological polar surface area (TPSA) is 63.8 Å². The fourth-order valence-corrected chi connectivity index (χ4v) is 1.56. The van der Waals surface area contributed by atoms with E-state index in [4.69, 9.17) is 4.52 Å². The second kappa shape index (κ2) is 4.02. The number of nitrogens with one attached hydrogen (secondary N) is 1. The molecule has 16 heavy (non-hydrogen) atoms. The van der Waals surface area contributed by atoms with Crippen molar-refractivity contribution in [2.45, 2.75) is 25.4 Å². The first kappa shape index (κ1) is 9.47. The molecule has 0 unspecified atom stereocenters. The minimum absolute atomic E-state index is 0.671. The Morgan fingerprint density at radius 2 is 2.25 bits per heavy atom. The molecule has 1 saturated carbocycles. The first-order valence-corrected chi connectivity index (χ1v) is 5.37. The van der Waals surface area contributed by atoms with E-state index < -0.39 is 0 Å². The van der Waals surface area contributed by atoms with E-state index in [0.29, 0.717) is 11.8 Å². The third kappa shape index (κ3) is 1.94. The first-order valence-electron chi connectivity index (χ1n) is 5.37. The molecule has 2 aromatic heterocycles. The van der Waals surface area contributed by atoms with Crippen LogP contribution in [0, 0.1) is 0 Å². The van der Waals surface area contributed by atoms with E-state index in [1.807, 2.05) is 0 Å². The maximum atomic E-state index is 5.21. The summed E-state index contributed by atoms with van der Waals surface area (Å²) in [6.45, 7) is 0.778. The molecule has 0 saturated heterocycles. The summed E-state index contributed by atoms with van der Waals surface area (Å²) in [7, 11) is 0. The van der Waals surface area contributed by atoms with Crippen LogP contribution in [0.5, 0.6) is 0 Å². The summed E-state index contributed by atoms with van der Waals surface area (Å²) in [6.07, 6.45) is 9.25. The Morgan fingerprint density at radius 1 is 1.31 bits per heavy atom. The maximum absolute atomic E-state index is 5.21. The Balaban J connectivity index is 1.81. The number of hydrogen-bond donors (Lipinski definition) is 1. The van der Waals surface area contributed by atoms with E-state index in [1.165, 1.54) is 12.8 Å². The van der Waals surface area contributed by atoms with Gasteiger partial charge in [0.15, 0.2) is 5.76 Å². The zero-order valence-corrected chi connectivity index (χ0v) is 8.76. The van der Waals surface area contributed by atoms with Crippen LogP contribution in [0.2, 0.25) is 0 Å². The molecule has 1 aliphatic rings. The van der Waals surface area contributed by atoms with Crippen molar-refractivity contribution in [3.8, 4) is 11.5 Å². The lowest BCUT2D eigenvalue weighted by Gasteiger charge is -2.01. The summed E-state index contributed by atoms with van der Waals surface area (Å²) in [4.78, 5) is 8.22. The van der Waals surface area contributed by atoms with E-state index >= 15 is 0 Å². The average Bonchev–Trinajstić information content (AvgIpc) is 3.05. The Hall–Kier alpha value is -1.75. The highest BCUT2D eigenvalue weighted by Crippen LogP contribution is 2.23. The van der Waals surface area contributed by atoms with Gasteiger partial charge in [0.05, 0.1) is 12.4 Å². The fraction of sp³-hybridized carbons (Fsp3) is 0.364. The lowest BCUT2D eigenvalue weighted by atomic mass is 10.2. The van der Waals surface area contributed by atoms with Gasteiger partial charge in [0.2, 0.25) is 0 Å². The van der Waals surface area contributed by atoms with Crippen molar-refractivity contribution in [2.75, 3.05) is 0 Å². The number of hydrogen-bond acceptors (Lipinski definition) is 5. The van der Waals surface area contributed by atoms with Crippen LogP contribution in [0.4, 0.5) is 0 Å². The van der Waals surface area contributed by atoms with Crippen molar-refractivity contribution in [2.24, 2.45) is 0 Å². The molecule has 82 valence electrons. The predicted octanol–water partition coefficient (Wildman–Crippen LogP) is 1.38. The van der Waals surface area contributed by atoms with Gasteiger partial charge in [-0.15, -0.1) is 0 Å². The van der Waals surface area contributed by atoms with Crippen LogP contribution in [0.25, 0.3) is 11.5 Å². The Labute approximate surface area is 92.9 Å². The Bertz CT molecular complexity index is 464. The predicted molar refractivity (Wildman–Crippen MR) is 57.4 cm³/mol. The van der Waals surface area contributed by atoms with Crippen LogP contribution in [0.1, 0.15) is 18.4 Å². The van der Waals surface area contributed by atoms with Crippen LogP contribution < -0.4 is 5.32 Å². The summed E-state index contributed by atoms with van der Waals surface area (Å²) in [5.74, 6) is 0.709. The van der Waals surface area contributed by atoms with Crippen molar-refractivity contribution < 1.29 is 4.52 Å². The molecule has 0 aromatic carbocycles. The molecule has 3 rings (SSSR count). The van der Waals surface area contributed by atoms with E-state index in [9.17, 15) is 0 Å². The second-order valence-corrected chi connectivity index (χ2v) is 3.93. The van der Waals surface area contributed by atoms with Crippen LogP contribution >= 0.6 is 0 Å². The fourth-order valence-electron chi connectivity index (χ4n) is 1.56. The monoisotopic (exact) mass is 216 g/mol. The van der Waals surface area contributed by atoms with Crippen molar-refractivity contribution >= 4 is 0 Å². The van der Waals surface area contributed by atoms with Gasteiger partial charge >= 0.3 is 0 Å². The van der Waals surface area contributed by atoms with Gasteiger partial charge in [0.25, 0.3) is 0 Å². The Kier molecular flexibility index (Phi) is 2.38. The zero-order valence-electron chi connectivity index (χ0n) is 8.76. The third-order valence-electron chi connectivity index (χ3n) is 2.60. The number of rotatable bonds is 4. The lowest BCUT2D eigenvalue weighted by molar-refractivity contribution is 0.430. The van der Waals surface area contributed by atoms with Crippen molar-refractivity contribution in [1.29, 1.82) is 0 Å². The summed E-state index contributed by atoms with van der Waals surface area (Å²) in [5, 5.41) is 7.24. The molecular weight excluding hydrogens is 204 g/mol. The highest BCUT2D eigenvalue weighted by atomic mass is 16.5. The second-order valence-electron chi connectivity index (χ2n) is 3.93. The molecule has 2 heterocycles. The third-order valence-corrected chi connectivity index (χ3v) is 2.60. The molecule has 1 N–H and O–H groups in total. The molecule has 0 spiro atoms. The van der Waals surface area contributed by atoms with E-state index in [1.54, 1.807) is 24.8 Å². The van der Waals surface area contributed by atoms with Gasteiger partial charge in [0.1, 0.15) is 5.69 Å². The molecule has 0 radical (unpaired) electrons. The highest BCUT2D eigenvalue weighted by molar-refractivity contribution is 5.54. The van der Waals surface area contributed by atoms with Crippen molar-refractivity contribution in [1.82, 2.24) is 20.4 Å². The maximum Gasteiger partial charge on any atom is 0.191 e. The molecule has 5 nitrogen and oxygen atoms in total. The van der Waals surface area contributed by atoms with Crippen molar-refractivity contribution in [3.63, 3.8) is 0 Å².